The Morgan fingerprint density at radius 2 is 1.69 bits per heavy atom. The summed E-state index contributed by atoms with van der Waals surface area (Å²) in [6.07, 6.45) is 4.41. The predicted molar refractivity (Wildman–Crippen MR) is 139 cm³/mol. The molecule has 0 radical (unpaired) electrons. The number of hydrogen-bond donors (Lipinski definition) is 3. The van der Waals surface area contributed by atoms with E-state index in [-0.39, 0.29) is 23.9 Å². The van der Waals surface area contributed by atoms with Crippen LogP contribution in [0.2, 0.25) is 0 Å². The van der Waals surface area contributed by atoms with Gasteiger partial charge in [0.1, 0.15) is 5.75 Å². The van der Waals surface area contributed by atoms with Crippen LogP contribution in [-0.2, 0) is 22.2 Å². The first-order valence-electron chi connectivity index (χ1n) is 12.0. The lowest BCUT2D eigenvalue weighted by atomic mass is 9.68. The molecule has 0 bridgehead atoms. The summed E-state index contributed by atoms with van der Waals surface area (Å²) in [7, 11) is -2.13. The van der Waals surface area contributed by atoms with Crippen molar-refractivity contribution in [2.45, 2.75) is 43.7 Å². The number of benzene rings is 2. The Hall–Kier alpha value is -3.27. The van der Waals surface area contributed by atoms with E-state index in [0.717, 1.165) is 18.4 Å². The molecule has 8 nitrogen and oxygen atoms in total. The lowest BCUT2D eigenvalue weighted by molar-refractivity contribution is 0.0932. The number of pyridine rings is 1. The molecule has 1 aliphatic carbocycles. The normalized spacial score (nSPS) is 20.0. The van der Waals surface area contributed by atoms with Crippen LogP contribution in [0.4, 0.5) is 0 Å². The van der Waals surface area contributed by atoms with Gasteiger partial charge >= 0.3 is 0 Å². The lowest BCUT2D eigenvalue weighted by Crippen LogP contribution is -2.49. The number of ether oxygens (including phenoxy) is 1. The zero-order chi connectivity index (χ0) is 25.4. The van der Waals surface area contributed by atoms with Crippen LogP contribution in [0.15, 0.2) is 79.0 Å². The zero-order valence-corrected chi connectivity index (χ0v) is 21.1. The molecule has 1 saturated carbocycles. The maximum Gasteiger partial charge on any atom is 0.277 e. The fourth-order valence-electron chi connectivity index (χ4n) is 4.76. The van der Waals surface area contributed by atoms with Crippen LogP contribution in [0.5, 0.6) is 5.75 Å². The van der Waals surface area contributed by atoms with Crippen LogP contribution in [0.1, 0.15) is 47.3 Å². The third kappa shape index (κ3) is 6.48. The van der Waals surface area contributed by atoms with Gasteiger partial charge in [-0.1, -0.05) is 48.5 Å². The molecule has 1 aliphatic rings. The molecule has 1 amide bonds. The highest BCUT2D eigenvalue weighted by Crippen LogP contribution is 2.39. The van der Waals surface area contributed by atoms with Gasteiger partial charge in [-0.05, 0) is 55.5 Å². The monoisotopic (exact) mass is 508 g/mol. The molecule has 1 heterocycles. The summed E-state index contributed by atoms with van der Waals surface area (Å²) < 4.78 is 35.9. The Morgan fingerprint density at radius 1 is 1.00 bits per heavy atom. The molecule has 0 aliphatic heterocycles. The predicted octanol–water partition coefficient (Wildman–Crippen LogP) is 3.32. The number of carbonyl (C=O) groups is 1. The van der Waals surface area contributed by atoms with E-state index in [1.807, 2.05) is 36.4 Å². The maximum absolute atomic E-state index is 13.0. The summed E-state index contributed by atoms with van der Waals surface area (Å²) in [6.45, 7) is 0.580. The van der Waals surface area contributed by atoms with Crippen molar-refractivity contribution < 1.29 is 17.9 Å². The number of rotatable bonds is 10. The second-order valence-corrected chi connectivity index (χ2v) is 10.6. The van der Waals surface area contributed by atoms with Gasteiger partial charge in [0.2, 0.25) is 0 Å². The standard InChI is InChI=1S/C27H32N4O4S/c1-35-25-13-6-5-12-24(25)26(32)29-20-27(21-9-3-2-4-10-21)16-14-22(15-17-27)31-36(33,34)30-19-23-11-7-8-18-28-23/h2-13,18,22,30-31H,14-17,19-20H2,1H3,(H,29,32). The second kappa shape index (κ2) is 11.6. The molecular formula is C27H32N4O4S. The molecule has 0 spiro atoms. The number of para-hydroxylation sites is 1. The average Bonchev–Trinajstić information content (AvgIpc) is 2.92. The van der Waals surface area contributed by atoms with Crippen molar-refractivity contribution in [3.05, 3.63) is 95.8 Å². The van der Waals surface area contributed by atoms with Crippen molar-refractivity contribution >= 4 is 16.1 Å². The number of nitrogens with one attached hydrogen (secondary N) is 3. The molecular weight excluding hydrogens is 476 g/mol. The van der Waals surface area contributed by atoms with Crippen molar-refractivity contribution in [2.24, 2.45) is 0 Å². The molecule has 0 unspecified atom stereocenters. The van der Waals surface area contributed by atoms with Crippen LogP contribution in [0, 0.1) is 0 Å². The molecule has 1 aromatic heterocycles. The smallest absolute Gasteiger partial charge is 0.277 e. The van der Waals surface area contributed by atoms with Gasteiger partial charge in [0.05, 0.1) is 24.9 Å². The third-order valence-corrected chi connectivity index (χ3v) is 7.93. The Morgan fingerprint density at radius 3 is 2.39 bits per heavy atom. The molecule has 190 valence electrons. The summed E-state index contributed by atoms with van der Waals surface area (Å²) in [6, 6.07) is 22.5. The zero-order valence-electron chi connectivity index (χ0n) is 20.3. The number of hydrogen-bond acceptors (Lipinski definition) is 5. The molecule has 1 fully saturated rings. The average molecular weight is 509 g/mol. The minimum Gasteiger partial charge on any atom is -0.496 e. The van der Waals surface area contributed by atoms with Crippen molar-refractivity contribution in [3.8, 4) is 5.75 Å². The van der Waals surface area contributed by atoms with Crippen LogP contribution in [0.3, 0.4) is 0 Å². The topological polar surface area (TPSA) is 109 Å². The lowest BCUT2D eigenvalue weighted by Gasteiger charge is -2.41. The van der Waals surface area contributed by atoms with E-state index < -0.39 is 10.2 Å². The number of aromatic nitrogens is 1. The van der Waals surface area contributed by atoms with Crippen LogP contribution in [0.25, 0.3) is 0 Å². The van der Waals surface area contributed by atoms with E-state index in [1.165, 1.54) is 0 Å². The number of nitrogens with zero attached hydrogens (tertiary/aromatic N) is 1. The summed E-state index contributed by atoms with van der Waals surface area (Å²) in [4.78, 5) is 17.1. The first kappa shape index (κ1) is 25.8. The summed E-state index contributed by atoms with van der Waals surface area (Å²) >= 11 is 0. The van der Waals surface area contributed by atoms with Crippen LogP contribution < -0.4 is 19.5 Å². The third-order valence-electron chi connectivity index (χ3n) is 6.76. The molecule has 36 heavy (non-hydrogen) atoms. The Labute approximate surface area is 212 Å². The van der Waals surface area contributed by atoms with Gasteiger partial charge < -0.3 is 10.1 Å². The van der Waals surface area contributed by atoms with Gasteiger partial charge in [-0.3, -0.25) is 9.78 Å². The fourth-order valence-corrected chi connectivity index (χ4v) is 5.85. The first-order valence-corrected chi connectivity index (χ1v) is 13.5. The quantitative estimate of drug-likeness (QED) is 0.389. The van der Waals surface area contributed by atoms with Gasteiger partial charge in [0.15, 0.2) is 0 Å². The molecule has 3 aromatic rings. The minimum atomic E-state index is -3.67. The van der Waals surface area contributed by atoms with Crippen molar-refractivity contribution in [1.82, 2.24) is 19.7 Å². The van der Waals surface area contributed by atoms with Crippen molar-refractivity contribution in [3.63, 3.8) is 0 Å². The highest BCUT2D eigenvalue weighted by Gasteiger charge is 2.38. The van der Waals surface area contributed by atoms with Gasteiger partial charge in [-0.15, -0.1) is 0 Å². The summed E-state index contributed by atoms with van der Waals surface area (Å²) in [5, 5.41) is 3.11. The van der Waals surface area contributed by atoms with E-state index in [9.17, 15) is 13.2 Å². The van der Waals surface area contributed by atoms with E-state index in [2.05, 4.69) is 31.9 Å². The van der Waals surface area contributed by atoms with E-state index in [0.29, 0.717) is 36.4 Å². The molecule has 0 saturated heterocycles. The molecule has 3 N–H and O–H groups in total. The fraction of sp³-hybridized carbons (Fsp3) is 0.333. The van der Waals surface area contributed by atoms with Gasteiger partial charge in [0.25, 0.3) is 16.1 Å². The van der Waals surface area contributed by atoms with Gasteiger partial charge in [-0.2, -0.15) is 17.9 Å². The van der Waals surface area contributed by atoms with Crippen LogP contribution in [-0.4, -0.2) is 39.0 Å². The van der Waals surface area contributed by atoms with E-state index in [4.69, 9.17) is 4.74 Å². The maximum atomic E-state index is 13.0. The number of carbonyl (C=O) groups excluding carboxylic acids is 1. The summed E-state index contributed by atoms with van der Waals surface area (Å²) in [5.74, 6) is 0.337. The number of methoxy groups -OCH3 is 1. The van der Waals surface area contributed by atoms with Crippen molar-refractivity contribution in [1.29, 1.82) is 0 Å². The SMILES string of the molecule is COc1ccccc1C(=O)NCC1(c2ccccc2)CCC(NS(=O)(=O)NCc2ccccn2)CC1. The molecule has 2 aromatic carbocycles. The van der Waals surface area contributed by atoms with Crippen LogP contribution >= 0.6 is 0 Å². The van der Waals surface area contributed by atoms with Gasteiger partial charge in [0, 0.05) is 24.2 Å². The molecule has 0 atom stereocenters. The molecule has 9 heteroatoms. The van der Waals surface area contributed by atoms with E-state index >= 15 is 0 Å². The Bertz CT molecular complexity index is 1250. The first-order chi connectivity index (χ1) is 17.4. The minimum absolute atomic E-state index is 0.131. The molecule has 4 rings (SSSR count). The Balaban J connectivity index is 1.41. The highest BCUT2D eigenvalue weighted by molar-refractivity contribution is 7.87. The van der Waals surface area contributed by atoms with Gasteiger partial charge in [-0.25, -0.2) is 0 Å². The van der Waals surface area contributed by atoms with Crippen molar-refractivity contribution in [2.75, 3.05) is 13.7 Å². The largest absolute Gasteiger partial charge is 0.496 e. The number of amides is 1. The highest BCUT2D eigenvalue weighted by atomic mass is 32.2. The Kier molecular flexibility index (Phi) is 8.35. The second-order valence-electron chi connectivity index (χ2n) is 9.07. The summed E-state index contributed by atoms with van der Waals surface area (Å²) in [5.41, 5.74) is 1.99. The van der Waals surface area contributed by atoms with E-state index in [1.54, 1.807) is 37.6 Å².